The van der Waals surface area contributed by atoms with Crippen LogP contribution in [0.4, 0.5) is 5.82 Å². The minimum Gasteiger partial charge on any atom is -0.379 e. The minimum atomic E-state index is -0.00841. The summed E-state index contributed by atoms with van der Waals surface area (Å²) in [5.74, 6) is 1.23. The van der Waals surface area contributed by atoms with Crippen molar-refractivity contribution in [3.05, 3.63) is 72.1 Å². The number of imidazole rings is 1. The lowest BCUT2D eigenvalue weighted by Gasteiger charge is -2.26. The summed E-state index contributed by atoms with van der Waals surface area (Å²) in [4.78, 5) is 24.6. The van der Waals surface area contributed by atoms with Crippen molar-refractivity contribution in [1.29, 1.82) is 0 Å². The van der Waals surface area contributed by atoms with Gasteiger partial charge in [0.1, 0.15) is 0 Å². The summed E-state index contributed by atoms with van der Waals surface area (Å²) in [7, 11) is 0. The first kappa shape index (κ1) is 25.5. The first-order valence-corrected chi connectivity index (χ1v) is 14.0. The van der Waals surface area contributed by atoms with Gasteiger partial charge >= 0.3 is 0 Å². The maximum atomic E-state index is 12.5. The van der Waals surface area contributed by atoms with E-state index in [1.54, 1.807) is 0 Å². The third-order valence-electron chi connectivity index (χ3n) is 7.29. The number of hydrogen-bond donors (Lipinski definition) is 2. The Bertz CT molecular complexity index is 1430. The molecule has 0 radical (unpaired) electrons. The molecule has 0 unspecified atom stereocenters. The van der Waals surface area contributed by atoms with Crippen LogP contribution in [0.3, 0.4) is 0 Å². The van der Waals surface area contributed by atoms with E-state index in [0.29, 0.717) is 17.5 Å². The van der Waals surface area contributed by atoms with Crippen molar-refractivity contribution in [3.8, 4) is 22.5 Å². The zero-order chi connectivity index (χ0) is 26.8. The third kappa shape index (κ3) is 5.97. The molecule has 2 N–H and O–H groups in total. The summed E-state index contributed by atoms with van der Waals surface area (Å²) in [5, 5.41) is 6.57. The molecule has 2 aliphatic rings. The predicted molar refractivity (Wildman–Crippen MR) is 154 cm³/mol. The zero-order valence-corrected chi connectivity index (χ0v) is 22.7. The van der Waals surface area contributed by atoms with Gasteiger partial charge in [0.05, 0.1) is 30.8 Å². The van der Waals surface area contributed by atoms with E-state index in [0.717, 1.165) is 86.2 Å². The van der Waals surface area contributed by atoms with Gasteiger partial charge in [-0.05, 0) is 36.5 Å². The first-order valence-electron chi connectivity index (χ1n) is 14.0. The van der Waals surface area contributed by atoms with Crippen LogP contribution < -0.4 is 10.6 Å². The molecule has 1 aliphatic carbocycles. The van der Waals surface area contributed by atoms with E-state index in [9.17, 15) is 4.79 Å². The second-order valence-corrected chi connectivity index (χ2v) is 11.0. The molecule has 1 aliphatic heterocycles. The Labute approximate surface area is 229 Å². The predicted octanol–water partition coefficient (Wildman–Crippen LogP) is 4.86. The molecule has 8 nitrogen and oxygen atoms in total. The maximum absolute atomic E-state index is 12.5. The normalized spacial score (nSPS) is 16.1. The number of nitrogens with zero attached hydrogens (tertiary/aromatic N) is 4. The van der Waals surface area contributed by atoms with Crippen molar-refractivity contribution in [2.75, 3.05) is 38.2 Å². The van der Waals surface area contributed by atoms with Gasteiger partial charge < -0.3 is 15.4 Å². The average molecular weight is 525 g/mol. The van der Waals surface area contributed by atoms with Crippen molar-refractivity contribution in [1.82, 2.24) is 24.6 Å². The second kappa shape index (κ2) is 11.2. The summed E-state index contributed by atoms with van der Waals surface area (Å²) < 4.78 is 7.58. The standard InChI is InChI=1S/C31H36N6O2/c1-21(2)17-32-29-30-33-18-28(24-7-9-25(10-8-24)31(38)34-26-11-12-26)37(30)20-27(35-29)23-5-3-22(4-6-23)19-36-13-15-39-16-14-36/h3-10,18,20-21,26H,11-17,19H2,1-2H3,(H,32,35)(H,34,38). The number of hydrogen-bond acceptors (Lipinski definition) is 6. The van der Waals surface area contributed by atoms with Crippen LogP contribution >= 0.6 is 0 Å². The van der Waals surface area contributed by atoms with E-state index in [1.165, 1.54) is 5.56 Å². The Balaban J connectivity index is 1.31. The molecule has 0 bridgehead atoms. The van der Waals surface area contributed by atoms with Gasteiger partial charge in [-0.25, -0.2) is 9.97 Å². The van der Waals surface area contributed by atoms with Crippen LogP contribution in [0.2, 0.25) is 0 Å². The summed E-state index contributed by atoms with van der Waals surface area (Å²) in [6, 6.07) is 16.8. The monoisotopic (exact) mass is 524 g/mol. The van der Waals surface area contributed by atoms with Crippen LogP contribution in [0.25, 0.3) is 28.2 Å². The number of anilines is 1. The van der Waals surface area contributed by atoms with Gasteiger partial charge in [0.15, 0.2) is 11.5 Å². The molecule has 4 aromatic rings. The molecular formula is C31H36N6O2. The summed E-state index contributed by atoms with van der Waals surface area (Å²) in [5.41, 5.74) is 6.65. The molecule has 202 valence electrons. The number of carbonyl (C=O) groups excluding carboxylic acids is 1. The number of rotatable bonds is 9. The Morgan fingerprint density at radius 1 is 1.03 bits per heavy atom. The van der Waals surface area contributed by atoms with Crippen molar-refractivity contribution in [2.24, 2.45) is 5.92 Å². The smallest absolute Gasteiger partial charge is 0.251 e. The summed E-state index contributed by atoms with van der Waals surface area (Å²) in [6.07, 6.45) is 6.09. The van der Waals surface area contributed by atoms with Gasteiger partial charge in [-0.1, -0.05) is 50.2 Å². The molecule has 0 atom stereocenters. The number of morpholine rings is 1. The van der Waals surface area contributed by atoms with Crippen LogP contribution in [0.1, 0.15) is 42.6 Å². The van der Waals surface area contributed by atoms with Crippen molar-refractivity contribution < 1.29 is 9.53 Å². The topological polar surface area (TPSA) is 83.8 Å². The highest BCUT2D eigenvalue weighted by Crippen LogP contribution is 2.29. The lowest BCUT2D eigenvalue weighted by molar-refractivity contribution is 0.0342. The number of ether oxygens (including phenoxy) is 1. The van der Waals surface area contributed by atoms with E-state index in [1.807, 2.05) is 30.5 Å². The van der Waals surface area contributed by atoms with Gasteiger partial charge in [-0.15, -0.1) is 0 Å². The highest BCUT2D eigenvalue weighted by atomic mass is 16.5. The van der Waals surface area contributed by atoms with E-state index in [-0.39, 0.29) is 5.91 Å². The van der Waals surface area contributed by atoms with Crippen molar-refractivity contribution in [2.45, 2.75) is 39.3 Å². The zero-order valence-electron chi connectivity index (χ0n) is 22.7. The third-order valence-corrected chi connectivity index (χ3v) is 7.29. The number of amides is 1. The molecule has 0 spiro atoms. The van der Waals surface area contributed by atoms with Gasteiger partial charge in [-0.3, -0.25) is 14.1 Å². The van der Waals surface area contributed by atoms with Crippen LogP contribution in [0.15, 0.2) is 60.9 Å². The minimum absolute atomic E-state index is 0.00841. The van der Waals surface area contributed by atoms with Crippen LogP contribution in [0.5, 0.6) is 0 Å². The van der Waals surface area contributed by atoms with Gasteiger partial charge in [0, 0.05) is 55.1 Å². The lowest BCUT2D eigenvalue weighted by Crippen LogP contribution is -2.35. The Morgan fingerprint density at radius 3 is 2.44 bits per heavy atom. The maximum Gasteiger partial charge on any atom is 0.251 e. The highest BCUT2D eigenvalue weighted by molar-refractivity contribution is 5.95. The van der Waals surface area contributed by atoms with Crippen molar-refractivity contribution in [3.63, 3.8) is 0 Å². The fourth-order valence-electron chi connectivity index (χ4n) is 4.85. The Kier molecular flexibility index (Phi) is 7.30. The molecule has 1 saturated heterocycles. The second-order valence-electron chi connectivity index (χ2n) is 11.0. The van der Waals surface area contributed by atoms with Crippen LogP contribution in [-0.4, -0.2) is 64.1 Å². The number of carbonyl (C=O) groups is 1. The summed E-state index contributed by atoms with van der Waals surface area (Å²) >= 11 is 0. The molecule has 1 saturated carbocycles. The van der Waals surface area contributed by atoms with Gasteiger partial charge in [0.25, 0.3) is 5.91 Å². The van der Waals surface area contributed by atoms with E-state index in [2.05, 4.69) is 64.2 Å². The molecule has 2 aromatic heterocycles. The number of aromatic nitrogens is 3. The van der Waals surface area contributed by atoms with Gasteiger partial charge in [-0.2, -0.15) is 0 Å². The molecule has 8 heteroatoms. The Morgan fingerprint density at radius 2 is 1.74 bits per heavy atom. The Hall–Kier alpha value is -3.75. The van der Waals surface area contributed by atoms with E-state index in [4.69, 9.17) is 14.7 Å². The molecule has 39 heavy (non-hydrogen) atoms. The molecule has 3 heterocycles. The first-order chi connectivity index (χ1) is 19.0. The number of fused-ring (bicyclic) bond motifs is 1. The number of benzene rings is 2. The quantitative estimate of drug-likeness (QED) is 0.326. The molecular weight excluding hydrogens is 488 g/mol. The molecule has 6 rings (SSSR count). The van der Waals surface area contributed by atoms with Crippen LogP contribution in [0, 0.1) is 5.92 Å². The largest absolute Gasteiger partial charge is 0.379 e. The number of nitrogens with one attached hydrogen (secondary N) is 2. The van der Waals surface area contributed by atoms with Gasteiger partial charge in [0.2, 0.25) is 0 Å². The lowest BCUT2D eigenvalue weighted by atomic mass is 10.1. The molecule has 1 amide bonds. The molecule has 2 aromatic carbocycles. The fourth-order valence-corrected chi connectivity index (χ4v) is 4.85. The fraction of sp³-hybridized carbons (Fsp3) is 0.387. The van der Waals surface area contributed by atoms with E-state index < -0.39 is 0 Å². The van der Waals surface area contributed by atoms with E-state index >= 15 is 0 Å². The van der Waals surface area contributed by atoms with Crippen molar-refractivity contribution >= 4 is 17.4 Å². The SMILES string of the molecule is CC(C)CNc1nc(-c2ccc(CN3CCOCC3)cc2)cn2c(-c3ccc(C(=O)NC4CC4)cc3)cnc12. The highest BCUT2D eigenvalue weighted by Gasteiger charge is 2.24. The average Bonchev–Trinajstić information content (AvgIpc) is 3.67. The summed E-state index contributed by atoms with van der Waals surface area (Å²) in [6.45, 7) is 9.64. The molecule has 2 fully saturated rings. The van der Waals surface area contributed by atoms with Crippen LogP contribution in [-0.2, 0) is 11.3 Å².